The van der Waals surface area contributed by atoms with Gasteiger partial charge in [0, 0.05) is 6.42 Å². The van der Waals surface area contributed by atoms with Crippen molar-refractivity contribution in [1.29, 1.82) is 0 Å². The van der Waals surface area contributed by atoms with Crippen molar-refractivity contribution in [2.24, 2.45) is 0 Å². The van der Waals surface area contributed by atoms with E-state index in [9.17, 15) is 9.59 Å². The van der Waals surface area contributed by atoms with Crippen molar-refractivity contribution in [2.75, 3.05) is 14.1 Å². The predicted octanol–water partition coefficient (Wildman–Crippen LogP) is 5.61. The van der Waals surface area contributed by atoms with Gasteiger partial charge in [-0.05, 0) is 46.2 Å². The van der Waals surface area contributed by atoms with E-state index in [0.29, 0.717) is 6.42 Å². The predicted molar refractivity (Wildman–Crippen MR) is 110 cm³/mol. The Hall–Kier alpha value is -1.16. The molecular weight excluding hydrogens is 326 g/mol. The molecule has 0 amide bonds. The highest BCUT2D eigenvalue weighted by Gasteiger charge is 2.27. The van der Waals surface area contributed by atoms with Crippen molar-refractivity contribution in [2.45, 2.75) is 103 Å². The molecule has 152 valence electrons. The molecule has 0 unspecified atom stereocenters. The van der Waals surface area contributed by atoms with Crippen molar-refractivity contribution >= 4 is 11.8 Å². The SMILES string of the molecule is CCCCCCCCC=CCCCCCCCC(=O)[C@@H](C(=O)O)N(C)C. The van der Waals surface area contributed by atoms with E-state index < -0.39 is 12.0 Å². The van der Waals surface area contributed by atoms with Crippen LogP contribution in [0.4, 0.5) is 0 Å². The van der Waals surface area contributed by atoms with Crippen molar-refractivity contribution in [3.8, 4) is 0 Å². The molecule has 4 nitrogen and oxygen atoms in total. The van der Waals surface area contributed by atoms with Crippen molar-refractivity contribution in [1.82, 2.24) is 4.90 Å². The molecule has 1 atom stereocenters. The number of carboxylic acids is 1. The third kappa shape index (κ3) is 14.1. The largest absolute Gasteiger partial charge is 0.480 e. The Bertz CT molecular complexity index is 391. The van der Waals surface area contributed by atoms with Gasteiger partial charge in [0.1, 0.15) is 0 Å². The van der Waals surface area contributed by atoms with Crippen LogP contribution in [0.2, 0.25) is 0 Å². The van der Waals surface area contributed by atoms with Crippen LogP contribution in [0.25, 0.3) is 0 Å². The van der Waals surface area contributed by atoms with Gasteiger partial charge in [-0.15, -0.1) is 0 Å². The number of allylic oxidation sites excluding steroid dienone is 2. The van der Waals surface area contributed by atoms with Crippen LogP contribution in [0.1, 0.15) is 96.8 Å². The minimum Gasteiger partial charge on any atom is -0.480 e. The molecule has 0 bridgehead atoms. The first kappa shape index (κ1) is 24.8. The lowest BCUT2D eigenvalue weighted by Gasteiger charge is -2.18. The fourth-order valence-electron chi connectivity index (χ4n) is 3.15. The molecule has 0 aliphatic heterocycles. The Morgan fingerprint density at radius 3 is 1.73 bits per heavy atom. The highest BCUT2D eigenvalue weighted by molar-refractivity contribution is 6.02. The number of nitrogens with zero attached hydrogens (tertiary/aromatic N) is 1. The first-order chi connectivity index (χ1) is 12.5. The van der Waals surface area contributed by atoms with Gasteiger partial charge >= 0.3 is 5.97 Å². The fraction of sp³-hybridized carbons (Fsp3) is 0.818. The maximum atomic E-state index is 11.9. The van der Waals surface area contributed by atoms with Crippen molar-refractivity contribution < 1.29 is 14.7 Å². The molecule has 0 spiro atoms. The molecule has 0 aliphatic rings. The Labute approximate surface area is 161 Å². The van der Waals surface area contributed by atoms with E-state index in [4.69, 9.17) is 5.11 Å². The zero-order chi connectivity index (χ0) is 19.6. The van der Waals surface area contributed by atoms with Crippen LogP contribution in [-0.4, -0.2) is 41.9 Å². The summed E-state index contributed by atoms with van der Waals surface area (Å²) in [4.78, 5) is 24.5. The summed E-state index contributed by atoms with van der Waals surface area (Å²) in [5.41, 5.74) is 0. The first-order valence-electron chi connectivity index (χ1n) is 10.6. The number of carboxylic acid groups (broad SMARTS) is 1. The van der Waals surface area contributed by atoms with Gasteiger partial charge in [-0.3, -0.25) is 14.5 Å². The molecule has 0 aromatic carbocycles. The Morgan fingerprint density at radius 2 is 1.27 bits per heavy atom. The van der Waals surface area contributed by atoms with Crippen molar-refractivity contribution in [3.05, 3.63) is 12.2 Å². The number of carbonyl (C=O) groups excluding carboxylic acids is 1. The number of hydrogen-bond acceptors (Lipinski definition) is 3. The average molecular weight is 368 g/mol. The number of ketones is 1. The molecule has 0 rings (SSSR count). The third-order valence-electron chi connectivity index (χ3n) is 4.74. The molecule has 0 aromatic heterocycles. The van der Waals surface area contributed by atoms with Crippen molar-refractivity contribution in [3.63, 3.8) is 0 Å². The fourth-order valence-corrected chi connectivity index (χ4v) is 3.15. The summed E-state index contributed by atoms with van der Waals surface area (Å²) in [6, 6.07) is -0.994. The number of aliphatic carboxylic acids is 1. The molecule has 0 aromatic rings. The summed E-state index contributed by atoms with van der Waals surface area (Å²) in [6.45, 7) is 2.25. The second-order valence-corrected chi connectivity index (χ2v) is 7.50. The van der Waals surface area contributed by atoms with Crippen LogP contribution in [-0.2, 0) is 9.59 Å². The van der Waals surface area contributed by atoms with Gasteiger partial charge in [0.2, 0.25) is 0 Å². The number of unbranched alkanes of at least 4 members (excludes halogenated alkanes) is 11. The van der Waals surface area contributed by atoms with Crippen LogP contribution in [0.5, 0.6) is 0 Å². The number of carbonyl (C=O) groups is 2. The van der Waals surface area contributed by atoms with Crippen LogP contribution in [0.15, 0.2) is 12.2 Å². The molecule has 4 heteroatoms. The van der Waals surface area contributed by atoms with Crippen LogP contribution < -0.4 is 0 Å². The number of rotatable bonds is 18. The second kappa shape index (κ2) is 17.3. The molecular formula is C22H41NO3. The van der Waals surface area contributed by atoms with E-state index >= 15 is 0 Å². The van der Waals surface area contributed by atoms with Crippen LogP contribution >= 0.6 is 0 Å². The summed E-state index contributed by atoms with van der Waals surface area (Å²) in [7, 11) is 3.27. The van der Waals surface area contributed by atoms with Gasteiger partial charge in [-0.2, -0.15) is 0 Å². The molecule has 0 saturated heterocycles. The smallest absolute Gasteiger partial charge is 0.328 e. The molecule has 0 heterocycles. The lowest BCUT2D eigenvalue weighted by Crippen LogP contribution is -2.42. The maximum Gasteiger partial charge on any atom is 0.328 e. The quantitative estimate of drug-likeness (QED) is 0.194. The monoisotopic (exact) mass is 367 g/mol. The summed E-state index contributed by atoms with van der Waals surface area (Å²) in [5, 5.41) is 9.07. The number of likely N-dealkylation sites (N-methyl/N-ethyl adjacent to an activating group) is 1. The van der Waals surface area contributed by atoms with Gasteiger partial charge in [-0.25, -0.2) is 0 Å². The third-order valence-corrected chi connectivity index (χ3v) is 4.74. The van der Waals surface area contributed by atoms with E-state index in [1.807, 2.05) is 0 Å². The number of Topliss-reactive ketones (excluding diaryl/α,β-unsaturated/α-hetero) is 1. The molecule has 26 heavy (non-hydrogen) atoms. The minimum absolute atomic E-state index is 0.180. The summed E-state index contributed by atoms with van der Waals surface area (Å²) < 4.78 is 0. The van der Waals surface area contributed by atoms with Crippen LogP contribution in [0.3, 0.4) is 0 Å². The summed E-state index contributed by atoms with van der Waals surface area (Å²) in [5.74, 6) is -1.23. The topological polar surface area (TPSA) is 57.6 Å². The van der Waals surface area contributed by atoms with Crippen LogP contribution in [0, 0.1) is 0 Å². The zero-order valence-electron chi connectivity index (χ0n) is 17.3. The lowest BCUT2D eigenvalue weighted by molar-refractivity contribution is -0.146. The zero-order valence-corrected chi connectivity index (χ0v) is 17.3. The summed E-state index contributed by atoms with van der Waals surface area (Å²) in [6.07, 6.45) is 20.8. The van der Waals surface area contributed by atoms with Gasteiger partial charge in [0.05, 0.1) is 0 Å². The number of hydrogen-bond donors (Lipinski definition) is 1. The van der Waals surface area contributed by atoms with Gasteiger partial charge in [-0.1, -0.05) is 70.4 Å². The Balaban J connectivity index is 3.47. The van der Waals surface area contributed by atoms with Gasteiger partial charge in [0.15, 0.2) is 11.8 Å². The second-order valence-electron chi connectivity index (χ2n) is 7.50. The average Bonchev–Trinajstić information content (AvgIpc) is 2.57. The molecule has 0 aliphatic carbocycles. The highest BCUT2D eigenvalue weighted by Crippen LogP contribution is 2.11. The van der Waals surface area contributed by atoms with E-state index in [1.165, 1.54) is 62.7 Å². The lowest BCUT2D eigenvalue weighted by atomic mass is 10.0. The Morgan fingerprint density at radius 1 is 0.808 bits per heavy atom. The van der Waals surface area contributed by atoms with Gasteiger partial charge < -0.3 is 5.11 Å². The first-order valence-corrected chi connectivity index (χ1v) is 10.6. The van der Waals surface area contributed by atoms with E-state index in [1.54, 1.807) is 14.1 Å². The van der Waals surface area contributed by atoms with Gasteiger partial charge in [0.25, 0.3) is 0 Å². The molecule has 1 N–H and O–H groups in total. The molecule has 0 radical (unpaired) electrons. The molecule has 0 fully saturated rings. The van der Waals surface area contributed by atoms with E-state index in [2.05, 4.69) is 19.1 Å². The maximum absolute atomic E-state index is 11.9. The normalized spacial score (nSPS) is 12.8. The minimum atomic E-state index is -1.05. The summed E-state index contributed by atoms with van der Waals surface area (Å²) >= 11 is 0. The highest BCUT2D eigenvalue weighted by atomic mass is 16.4. The molecule has 0 saturated carbocycles. The standard InChI is InChI=1S/C22H41NO3/c1-4-5-6-7-8-9-10-11-12-13-14-15-16-17-18-19-20(24)21(22(25)26)23(2)3/h11-12,21H,4-10,13-19H2,1-3H3,(H,25,26)/t21-/m0/s1. The van der Waals surface area contributed by atoms with E-state index in [-0.39, 0.29) is 5.78 Å². The Kier molecular flexibility index (Phi) is 16.5. The van der Waals surface area contributed by atoms with E-state index in [0.717, 1.165) is 25.7 Å².